The quantitative estimate of drug-likeness (QED) is 0.319. The summed E-state index contributed by atoms with van der Waals surface area (Å²) >= 11 is 0. The fourth-order valence-corrected chi connectivity index (χ4v) is 2.59. The van der Waals surface area contributed by atoms with Crippen LogP contribution in [0.25, 0.3) is 0 Å². The number of hydrazone groups is 1. The van der Waals surface area contributed by atoms with Crippen molar-refractivity contribution in [3.8, 4) is 0 Å². The second-order valence-corrected chi connectivity index (χ2v) is 6.04. The number of unbranched alkanes of at least 4 members (excludes halogenated alkanes) is 2. The van der Waals surface area contributed by atoms with Crippen molar-refractivity contribution in [1.29, 1.82) is 0 Å². The lowest BCUT2D eigenvalue weighted by atomic mass is 9.77. The minimum Gasteiger partial charge on any atom is -0.363 e. The Bertz CT molecular complexity index is 513. The van der Waals surface area contributed by atoms with E-state index in [1.807, 2.05) is 25.2 Å². The molecule has 0 saturated carbocycles. The number of rotatable bonds is 7. The summed E-state index contributed by atoms with van der Waals surface area (Å²) in [6.45, 7) is 7.50. The maximum atomic E-state index is 4.65. The average Bonchev–Trinajstić information content (AvgIpc) is 2.62. The molecule has 0 atom stereocenters. The first-order valence-corrected chi connectivity index (χ1v) is 8.81. The molecule has 2 rings (SSSR count). The van der Waals surface area contributed by atoms with Gasteiger partial charge in [0.1, 0.15) is 18.8 Å². The molecule has 0 spiro atoms. The highest BCUT2D eigenvalue weighted by atomic mass is 15.5. The summed E-state index contributed by atoms with van der Waals surface area (Å²) in [7, 11) is 4.13. The van der Waals surface area contributed by atoms with Gasteiger partial charge in [0.15, 0.2) is 7.28 Å². The van der Waals surface area contributed by atoms with E-state index < -0.39 is 0 Å². The number of aliphatic imine (C=N–C) groups is 2. The second kappa shape index (κ2) is 10.1. The molecule has 0 aromatic carbocycles. The zero-order valence-electron chi connectivity index (χ0n) is 15.1. The summed E-state index contributed by atoms with van der Waals surface area (Å²) in [5, 5.41) is 6.36. The van der Waals surface area contributed by atoms with Crippen LogP contribution in [0, 0.1) is 0 Å². The van der Waals surface area contributed by atoms with E-state index in [1.54, 1.807) is 6.34 Å². The van der Waals surface area contributed by atoms with E-state index in [0.29, 0.717) is 13.2 Å². The number of hydrogen-bond donors (Lipinski definition) is 2. The van der Waals surface area contributed by atoms with Crippen LogP contribution in [-0.4, -0.2) is 68.4 Å². The molecule has 0 aromatic heterocycles. The molecule has 2 heterocycles. The monoisotopic (exact) mass is 330 g/mol. The Morgan fingerprint density at radius 1 is 1.46 bits per heavy atom. The highest BCUT2D eigenvalue weighted by Crippen LogP contribution is 2.07. The SMILES string of the molecule is C[B]C1=CC(=N/C=N\N2CCC(N(C)CCCCC)=NC2)CNN1. The predicted octanol–water partition coefficient (Wildman–Crippen LogP) is 1.26. The van der Waals surface area contributed by atoms with E-state index in [4.69, 9.17) is 0 Å². The average molecular weight is 330 g/mol. The summed E-state index contributed by atoms with van der Waals surface area (Å²) in [5.41, 5.74) is 8.13. The van der Waals surface area contributed by atoms with Crippen LogP contribution in [0.3, 0.4) is 0 Å². The van der Waals surface area contributed by atoms with Gasteiger partial charge >= 0.3 is 0 Å². The molecule has 7 nitrogen and oxygen atoms in total. The van der Waals surface area contributed by atoms with Crippen LogP contribution in [0.4, 0.5) is 0 Å². The topological polar surface area (TPSA) is 67.6 Å². The Kier molecular flexibility index (Phi) is 7.81. The standard InChI is InChI=1S/C16H29BN7/c1-4-5-6-8-23(3)16-7-9-24(13-19-16)21-12-18-14-10-15(17-2)22-20-11-14/h10,12,20,22H,4-9,11,13H2,1-3H3/b18-14?,21-12-. The van der Waals surface area contributed by atoms with Crippen LogP contribution in [0.15, 0.2) is 26.8 Å². The molecule has 0 fully saturated rings. The van der Waals surface area contributed by atoms with Gasteiger partial charge in [-0.3, -0.25) is 5.01 Å². The molecule has 0 amide bonds. The van der Waals surface area contributed by atoms with Crippen molar-refractivity contribution in [3.63, 3.8) is 0 Å². The van der Waals surface area contributed by atoms with Gasteiger partial charge in [0.05, 0.1) is 12.3 Å². The Balaban J connectivity index is 1.79. The van der Waals surface area contributed by atoms with Gasteiger partial charge in [-0.15, -0.1) is 0 Å². The highest BCUT2D eigenvalue weighted by Gasteiger charge is 2.14. The number of amidine groups is 1. The van der Waals surface area contributed by atoms with Crippen molar-refractivity contribution in [2.75, 3.05) is 33.4 Å². The minimum atomic E-state index is 0.610. The van der Waals surface area contributed by atoms with Crippen LogP contribution >= 0.6 is 0 Å². The molecule has 24 heavy (non-hydrogen) atoms. The first-order chi connectivity index (χ1) is 11.7. The Labute approximate surface area is 146 Å². The summed E-state index contributed by atoms with van der Waals surface area (Å²) in [4.78, 5) is 11.3. The maximum Gasteiger partial charge on any atom is 0.172 e. The van der Waals surface area contributed by atoms with E-state index in [0.717, 1.165) is 30.8 Å². The highest BCUT2D eigenvalue weighted by molar-refractivity contribution is 6.44. The van der Waals surface area contributed by atoms with E-state index >= 15 is 0 Å². The molecule has 0 aliphatic carbocycles. The summed E-state index contributed by atoms with van der Waals surface area (Å²) in [6, 6.07) is 0. The smallest absolute Gasteiger partial charge is 0.172 e. The van der Waals surface area contributed by atoms with Gasteiger partial charge in [0.2, 0.25) is 0 Å². The number of nitrogens with zero attached hydrogens (tertiary/aromatic N) is 5. The first-order valence-electron chi connectivity index (χ1n) is 8.81. The fourth-order valence-electron chi connectivity index (χ4n) is 2.59. The summed E-state index contributed by atoms with van der Waals surface area (Å²) in [5.74, 6) is 1.19. The van der Waals surface area contributed by atoms with Crippen LogP contribution in [0.2, 0.25) is 6.82 Å². The third-order valence-corrected chi connectivity index (χ3v) is 4.12. The zero-order chi connectivity index (χ0) is 17.2. The lowest BCUT2D eigenvalue weighted by Crippen LogP contribution is -2.41. The van der Waals surface area contributed by atoms with Gasteiger partial charge < -0.3 is 10.3 Å². The van der Waals surface area contributed by atoms with Crippen LogP contribution in [-0.2, 0) is 0 Å². The van der Waals surface area contributed by atoms with Gasteiger partial charge in [0, 0.05) is 26.6 Å². The molecule has 2 aliphatic rings. The van der Waals surface area contributed by atoms with E-state index in [1.165, 1.54) is 25.1 Å². The molecule has 2 N–H and O–H groups in total. The minimum absolute atomic E-state index is 0.610. The fraction of sp³-hybridized carbons (Fsp3) is 0.688. The van der Waals surface area contributed by atoms with Gasteiger partial charge in [-0.1, -0.05) is 26.6 Å². The van der Waals surface area contributed by atoms with Crippen molar-refractivity contribution in [3.05, 3.63) is 11.7 Å². The van der Waals surface area contributed by atoms with Crippen molar-refractivity contribution < 1.29 is 0 Å². The first kappa shape index (κ1) is 18.5. The van der Waals surface area contributed by atoms with Gasteiger partial charge in [-0.2, -0.15) is 5.10 Å². The molecular weight excluding hydrogens is 301 g/mol. The maximum absolute atomic E-state index is 4.65. The third-order valence-electron chi connectivity index (χ3n) is 4.12. The lowest BCUT2D eigenvalue weighted by Gasteiger charge is -2.28. The van der Waals surface area contributed by atoms with Gasteiger partial charge in [-0.25, -0.2) is 15.4 Å². The van der Waals surface area contributed by atoms with Crippen molar-refractivity contribution in [2.45, 2.75) is 39.4 Å². The Morgan fingerprint density at radius 3 is 3.04 bits per heavy atom. The van der Waals surface area contributed by atoms with Crippen LogP contribution < -0.4 is 10.9 Å². The zero-order valence-corrected chi connectivity index (χ0v) is 15.1. The molecular formula is C16H29BN7. The molecule has 2 aliphatic heterocycles. The Morgan fingerprint density at radius 2 is 2.33 bits per heavy atom. The molecule has 8 heteroatoms. The molecule has 0 unspecified atom stereocenters. The van der Waals surface area contributed by atoms with Crippen LogP contribution in [0.5, 0.6) is 0 Å². The normalized spacial score (nSPS) is 20.0. The summed E-state index contributed by atoms with van der Waals surface area (Å²) < 4.78 is 0. The molecule has 0 bridgehead atoms. The number of hydrazine groups is 1. The second-order valence-electron chi connectivity index (χ2n) is 6.04. The Hall–Kier alpha value is -1.83. The number of nitrogens with one attached hydrogen (secondary N) is 2. The molecule has 0 saturated heterocycles. The van der Waals surface area contributed by atoms with Gasteiger partial charge in [-0.05, 0) is 18.1 Å². The lowest BCUT2D eigenvalue weighted by molar-refractivity contribution is 0.285. The summed E-state index contributed by atoms with van der Waals surface area (Å²) in [6.07, 6.45) is 8.35. The van der Waals surface area contributed by atoms with E-state index in [2.05, 4.69) is 44.8 Å². The van der Waals surface area contributed by atoms with Crippen LogP contribution in [0.1, 0.15) is 32.6 Å². The largest absolute Gasteiger partial charge is 0.363 e. The van der Waals surface area contributed by atoms with Crippen molar-refractivity contribution >= 4 is 25.2 Å². The number of hydrogen-bond acceptors (Lipinski definition) is 6. The van der Waals surface area contributed by atoms with E-state index in [-0.39, 0.29) is 0 Å². The molecule has 1 radical (unpaired) electrons. The predicted molar refractivity (Wildman–Crippen MR) is 103 cm³/mol. The van der Waals surface area contributed by atoms with Crippen molar-refractivity contribution in [2.24, 2.45) is 15.1 Å². The third kappa shape index (κ3) is 6.00. The molecule has 0 aromatic rings. The van der Waals surface area contributed by atoms with Crippen molar-refractivity contribution in [1.82, 2.24) is 20.8 Å². The van der Waals surface area contributed by atoms with E-state index in [9.17, 15) is 0 Å². The van der Waals surface area contributed by atoms with Gasteiger partial charge in [0.25, 0.3) is 0 Å². The molecule has 131 valence electrons.